The van der Waals surface area contributed by atoms with E-state index in [0.717, 1.165) is 21.7 Å². The van der Waals surface area contributed by atoms with Crippen LogP contribution in [0.5, 0.6) is 0 Å². The SMILES string of the molecule is CCC(C(=O)NC(C)C)N(Cc1ccccc1C)C(=O)CN(c1cccc(Br)c1)S(C)(=O)=O. The second kappa shape index (κ2) is 11.7. The highest BCUT2D eigenvalue weighted by Gasteiger charge is 2.32. The maximum atomic E-state index is 13.6. The average molecular weight is 539 g/mol. The molecule has 0 fully saturated rings. The van der Waals surface area contributed by atoms with Gasteiger partial charge in [-0.25, -0.2) is 8.42 Å². The van der Waals surface area contributed by atoms with E-state index in [-0.39, 0.29) is 18.5 Å². The van der Waals surface area contributed by atoms with Crippen molar-refractivity contribution in [3.05, 3.63) is 64.1 Å². The van der Waals surface area contributed by atoms with E-state index in [9.17, 15) is 18.0 Å². The Morgan fingerprint density at radius 2 is 1.76 bits per heavy atom. The van der Waals surface area contributed by atoms with E-state index in [1.54, 1.807) is 24.3 Å². The molecule has 0 saturated carbocycles. The number of hydrogen-bond acceptors (Lipinski definition) is 4. The first-order valence-electron chi connectivity index (χ1n) is 10.8. The number of nitrogens with zero attached hydrogens (tertiary/aromatic N) is 2. The van der Waals surface area contributed by atoms with E-state index in [2.05, 4.69) is 21.2 Å². The molecule has 2 rings (SSSR count). The number of hydrogen-bond donors (Lipinski definition) is 1. The highest BCUT2D eigenvalue weighted by Crippen LogP contribution is 2.23. The highest BCUT2D eigenvalue weighted by atomic mass is 79.9. The Morgan fingerprint density at radius 3 is 2.30 bits per heavy atom. The molecule has 0 aliphatic rings. The monoisotopic (exact) mass is 537 g/mol. The first-order chi connectivity index (χ1) is 15.4. The molecule has 7 nitrogen and oxygen atoms in total. The van der Waals surface area contributed by atoms with Crippen LogP contribution in [0.4, 0.5) is 5.69 Å². The lowest BCUT2D eigenvalue weighted by Crippen LogP contribution is -2.53. The summed E-state index contributed by atoms with van der Waals surface area (Å²) in [4.78, 5) is 28.0. The minimum absolute atomic E-state index is 0.0869. The maximum absolute atomic E-state index is 13.6. The van der Waals surface area contributed by atoms with Crippen molar-refractivity contribution in [3.63, 3.8) is 0 Å². The largest absolute Gasteiger partial charge is 0.352 e. The quantitative estimate of drug-likeness (QED) is 0.498. The Labute approximate surface area is 205 Å². The maximum Gasteiger partial charge on any atom is 0.244 e. The zero-order chi connectivity index (χ0) is 24.8. The topological polar surface area (TPSA) is 86.8 Å². The van der Waals surface area contributed by atoms with Gasteiger partial charge in [0.15, 0.2) is 0 Å². The second-order valence-electron chi connectivity index (χ2n) is 8.28. The third-order valence-corrected chi connectivity index (χ3v) is 6.83. The highest BCUT2D eigenvalue weighted by molar-refractivity contribution is 9.10. The van der Waals surface area contributed by atoms with Crippen LogP contribution in [0.2, 0.25) is 0 Å². The van der Waals surface area contributed by atoms with Gasteiger partial charge >= 0.3 is 0 Å². The molecule has 1 N–H and O–H groups in total. The van der Waals surface area contributed by atoms with Gasteiger partial charge in [0.1, 0.15) is 12.6 Å². The first-order valence-corrected chi connectivity index (χ1v) is 13.5. The Hall–Kier alpha value is -2.39. The third kappa shape index (κ3) is 7.57. The minimum atomic E-state index is -3.75. The fourth-order valence-electron chi connectivity index (χ4n) is 3.52. The molecule has 0 heterocycles. The van der Waals surface area contributed by atoms with Gasteiger partial charge in [-0.1, -0.05) is 53.2 Å². The van der Waals surface area contributed by atoms with Gasteiger partial charge in [0.2, 0.25) is 21.8 Å². The van der Waals surface area contributed by atoms with Crippen molar-refractivity contribution in [3.8, 4) is 0 Å². The van der Waals surface area contributed by atoms with Crippen molar-refractivity contribution < 1.29 is 18.0 Å². The van der Waals surface area contributed by atoms with Crippen LogP contribution in [0.3, 0.4) is 0 Å². The van der Waals surface area contributed by atoms with Crippen LogP contribution in [-0.2, 0) is 26.2 Å². The Bertz CT molecular complexity index is 1090. The third-order valence-electron chi connectivity index (χ3n) is 5.19. The number of carbonyl (C=O) groups excluding carboxylic acids is 2. The van der Waals surface area contributed by atoms with Crippen LogP contribution in [0.1, 0.15) is 38.3 Å². The lowest BCUT2D eigenvalue weighted by Gasteiger charge is -2.33. The number of sulfonamides is 1. The molecule has 2 amide bonds. The summed E-state index contributed by atoms with van der Waals surface area (Å²) in [6.07, 6.45) is 1.46. The molecule has 2 aromatic carbocycles. The van der Waals surface area contributed by atoms with Crippen molar-refractivity contribution >= 4 is 43.5 Å². The molecule has 9 heteroatoms. The van der Waals surface area contributed by atoms with Crippen molar-refractivity contribution in [1.29, 1.82) is 0 Å². The molecule has 0 aliphatic heterocycles. The van der Waals surface area contributed by atoms with E-state index in [0.29, 0.717) is 16.6 Å². The molecule has 0 spiro atoms. The normalized spacial score (nSPS) is 12.3. The molecule has 0 aromatic heterocycles. The number of benzene rings is 2. The van der Waals surface area contributed by atoms with E-state index < -0.39 is 28.5 Å². The molecule has 0 saturated heterocycles. The van der Waals surface area contributed by atoms with Gasteiger partial charge in [-0.3, -0.25) is 13.9 Å². The predicted molar refractivity (Wildman–Crippen MR) is 135 cm³/mol. The summed E-state index contributed by atoms with van der Waals surface area (Å²) in [5, 5.41) is 2.88. The smallest absolute Gasteiger partial charge is 0.244 e. The molecule has 33 heavy (non-hydrogen) atoms. The van der Waals surface area contributed by atoms with Crippen molar-refractivity contribution in [1.82, 2.24) is 10.2 Å². The number of rotatable bonds is 10. The average Bonchev–Trinajstić information content (AvgIpc) is 2.71. The van der Waals surface area contributed by atoms with Crippen LogP contribution in [0.25, 0.3) is 0 Å². The molecular formula is C24H32BrN3O4S. The van der Waals surface area contributed by atoms with Crippen LogP contribution >= 0.6 is 15.9 Å². The van der Waals surface area contributed by atoms with Gasteiger partial charge in [0, 0.05) is 17.1 Å². The number of carbonyl (C=O) groups is 2. The van der Waals surface area contributed by atoms with Crippen molar-refractivity contribution in [2.45, 2.75) is 52.7 Å². The van der Waals surface area contributed by atoms with E-state index in [4.69, 9.17) is 0 Å². The first kappa shape index (κ1) is 26.9. The Morgan fingerprint density at radius 1 is 1.09 bits per heavy atom. The summed E-state index contributed by atoms with van der Waals surface area (Å²) in [5.41, 5.74) is 2.26. The van der Waals surface area contributed by atoms with E-state index in [1.165, 1.54) is 4.90 Å². The lowest BCUT2D eigenvalue weighted by atomic mass is 10.1. The zero-order valence-electron chi connectivity index (χ0n) is 19.7. The fourth-order valence-corrected chi connectivity index (χ4v) is 4.74. The molecule has 2 aromatic rings. The lowest BCUT2D eigenvalue weighted by molar-refractivity contribution is -0.140. The molecule has 1 atom stereocenters. The van der Waals surface area contributed by atoms with Gasteiger partial charge in [-0.05, 0) is 56.5 Å². The number of aryl methyl sites for hydroxylation is 1. The Kier molecular flexibility index (Phi) is 9.48. The summed E-state index contributed by atoms with van der Waals surface area (Å²) in [6.45, 7) is 7.29. The van der Waals surface area contributed by atoms with Crippen LogP contribution < -0.4 is 9.62 Å². The van der Waals surface area contributed by atoms with Gasteiger partial charge < -0.3 is 10.2 Å². The van der Waals surface area contributed by atoms with Crippen LogP contribution in [-0.4, -0.2) is 50.0 Å². The number of anilines is 1. The summed E-state index contributed by atoms with van der Waals surface area (Å²) >= 11 is 3.35. The fraction of sp³-hybridized carbons (Fsp3) is 0.417. The molecule has 1 unspecified atom stereocenters. The molecule has 180 valence electrons. The van der Waals surface area contributed by atoms with Gasteiger partial charge in [-0.2, -0.15) is 0 Å². The van der Waals surface area contributed by atoms with Gasteiger partial charge in [0.25, 0.3) is 0 Å². The number of nitrogens with one attached hydrogen (secondary N) is 1. The summed E-state index contributed by atoms with van der Waals surface area (Å²) in [7, 11) is -3.75. The molecular weight excluding hydrogens is 506 g/mol. The standard InChI is InChI=1S/C24H32BrN3O4S/c1-6-22(24(30)26-17(2)3)27(15-19-11-8-7-10-18(19)4)23(29)16-28(33(5,31)32)21-13-9-12-20(25)14-21/h7-14,17,22H,6,15-16H2,1-5H3,(H,26,30). The number of halogens is 1. The molecule has 0 bridgehead atoms. The van der Waals surface area contributed by atoms with E-state index >= 15 is 0 Å². The summed E-state index contributed by atoms with van der Waals surface area (Å²) in [5.74, 6) is -0.711. The van der Waals surface area contributed by atoms with Crippen molar-refractivity contribution in [2.24, 2.45) is 0 Å². The molecule has 0 radical (unpaired) electrons. The van der Waals surface area contributed by atoms with E-state index in [1.807, 2.05) is 52.0 Å². The zero-order valence-corrected chi connectivity index (χ0v) is 22.1. The number of amides is 2. The summed E-state index contributed by atoms with van der Waals surface area (Å²) < 4.78 is 26.9. The second-order valence-corrected chi connectivity index (χ2v) is 11.1. The van der Waals surface area contributed by atoms with Gasteiger partial charge in [0.05, 0.1) is 11.9 Å². The van der Waals surface area contributed by atoms with Gasteiger partial charge in [-0.15, -0.1) is 0 Å². The summed E-state index contributed by atoms with van der Waals surface area (Å²) in [6, 6.07) is 13.6. The Balaban J connectivity index is 2.46. The minimum Gasteiger partial charge on any atom is -0.352 e. The predicted octanol–water partition coefficient (Wildman–Crippen LogP) is 3.86. The van der Waals surface area contributed by atoms with Crippen molar-refractivity contribution in [2.75, 3.05) is 17.1 Å². The van der Waals surface area contributed by atoms with Crippen LogP contribution in [0.15, 0.2) is 53.0 Å². The molecule has 0 aliphatic carbocycles. The van der Waals surface area contributed by atoms with Crippen LogP contribution in [0, 0.1) is 6.92 Å².